The van der Waals surface area contributed by atoms with E-state index >= 15 is 0 Å². The van der Waals surface area contributed by atoms with Crippen LogP contribution in [0.2, 0.25) is 5.02 Å². The molecule has 5 heteroatoms. The molecule has 1 aliphatic heterocycles. The molecule has 1 aliphatic carbocycles. The smallest absolute Gasteiger partial charge is 0.123 e. The van der Waals surface area contributed by atoms with Crippen LogP contribution in [0.1, 0.15) is 30.4 Å². The van der Waals surface area contributed by atoms with E-state index < -0.39 is 0 Å². The molecule has 0 atom stereocenters. The molecule has 2 aromatic rings. The highest BCUT2D eigenvalue weighted by Gasteiger charge is 2.31. The molecule has 2 aliphatic rings. The first-order valence-corrected chi connectivity index (χ1v) is 9.70. The maximum Gasteiger partial charge on any atom is 0.123 e. The SMILES string of the molecule is C=C1C2=C(CCC2)C(c2cc(OC)cc(OC)c2)=NN1c1c(C)cccc1Cl. The molecule has 0 unspecified atom stereocenters. The molecule has 2 aromatic carbocycles. The molecule has 0 N–H and O–H groups in total. The van der Waals surface area contributed by atoms with Gasteiger partial charge in [-0.1, -0.05) is 30.3 Å². The van der Waals surface area contributed by atoms with Crippen LogP contribution in [0, 0.1) is 6.92 Å². The largest absolute Gasteiger partial charge is 0.497 e. The lowest BCUT2D eigenvalue weighted by Crippen LogP contribution is -2.26. The quantitative estimate of drug-likeness (QED) is 0.648. The van der Waals surface area contributed by atoms with Crippen molar-refractivity contribution in [1.82, 2.24) is 0 Å². The van der Waals surface area contributed by atoms with Gasteiger partial charge in [0.2, 0.25) is 0 Å². The molecule has 4 rings (SSSR count). The molecule has 28 heavy (non-hydrogen) atoms. The van der Waals surface area contributed by atoms with Gasteiger partial charge in [-0.05, 0) is 61.1 Å². The van der Waals surface area contributed by atoms with Gasteiger partial charge in [-0.2, -0.15) is 5.10 Å². The Bertz CT molecular complexity index is 981. The number of anilines is 1. The van der Waals surface area contributed by atoms with Crippen molar-refractivity contribution in [2.24, 2.45) is 5.10 Å². The van der Waals surface area contributed by atoms with Gasteiger partial charge in [-0.25, -0.2) is 5.01 Å². The fourth-order valence-electron chi connectivity index (χ4n) is 3.92. The molecule has 144 valence electrons. The Morgan fingerprint density at radius 3 is 2.36 bits per heavy atom. The van der Waals surface area contributed by atoms with Crippen LogP contribution in [0.4, 0.5) is 5.69 Å². The van der Waals surface area contributed by atoms with E-state index in [0.717, 1.165) is 59.0 Å². The Morgan fingerprint density at radius 1 is 1.04 bits per heavy atom. The summed E-state index contributed by atoms with van der Waals surface area (Å²) in [5, 5.41) is 7.57. The van der Waals surface area contributed by atoms with Crippen LogP contribution in [-0.2, 0) is 0 Å². The topological polar surface area (TPSA) is 34.1 Å². The van der Waals surface area contributed by atoms with Crippen LogP contribution in [0.3, 0.4) is 0 Å². The number of para-hydroxylation sites is 1. The average molecular weight is 395 g/mol. The molecule has 0 aromatic heterocycles. The van der Waals surface area contributed by atoms with Gasteiger partial charge >= 0.3 is 0 Å². The third kappa shape index (κ3) is 3.08. The molecule has 0 saturated carbocycles. The van der Waals surface area contributed by atoms with E-state index in [2.05, 4.69) is 6.58 Å². The number of halogens is 1. The summed E-state index contributed by atoms with van der Waals surface area (Å²) in [5.41, 5.74) is 7.24. The number of allylic oxidation sites excluding steroid dienone is 2. The Morgan fingerprint density at radius 2 is 1.71 bits per heavy atom. The Kier molecular flexibility index (Phi) is 4.90. The number of benzene rings is 2. The first-order valence-electron chi connectivity index (χ1n) is 9.32. The number of methoxy groups -OCH3 is 2. The standard InChI is InChI=1S/C23H23ClN2O2/c1-14-7-5-10-21(24)23(14)26-15(2)19-8-6-9-20(19)22(25-26)16-11-17(27-3)13-18(12-16)28-4/h5,7,10-13H,2,6,8-9H2,1,3-4H3. The second-order valence-corrected chi connectivity index (χ2v) is 7.43. The molecule has 0 spiro atoms. The predicted molar refractivity (Wildman–Crippen MR) is 115 cm³/mol. The molecular weight excluding hydrogens is 372 g/mol. The van der Waals surface area contributed by atoms with E-state index in [1.54, 1.807) is 14.2 Å². The number of nitrogens with zero attached hydrogens (tertiary/aromatic N) is 2. The molecule has 1 heterocycles. The van der Waals surface area contributed by atoms with Gasteiger partial charge in [0, 0.05) is 11.6 Å². The summed E-state index contributed by atoms with van der Waals surface area (Å²) in [6.07, 6.45) is 3.08. The second-order valence-electron chi connectivity index (χ2n) is 7.02. The van der Waals surface area contributed by atoms with Gasteiger partial charge in [-0.3, -0.25) is 0 Å². The summed E-state index contributed by atoms with van der Waals surface area (Å²) >= 11 is 6.55. The van der Waals surface area contributed by atoms with Gasteiger partial charge in [0.25, 0.3) is 0 Å². The van der Waals surface area contributed by atoms with Crippen LogP contribution in [0.15, 0.2) is 64.9 Å². The summed E-state index contributed by atoms with van der Waals surface area (Å²) in [6.45, 7) is 6.38. The fourth-order valence-corrected chi connectivity index (χ4v) is 4.23. The molecule has 0 fully saturated rings. The Hall–Kier alpha value is -2.72. The van der Waals surface area contributed by atoms with Crippen LogP contribution in [0.25, 0.3) is 0 Å². The summed E-state index contributed by atoms with van der Waals surface area (Å²) in [6, 6.07) is 11.7. The number of rotatable bonds is 4. The van der Waals surface area contributed by atoms with Crippen LogP contribution in [0.5, 0.6) is 11.5 Å². The fraction of sp³-hybridized carbons (Fsp3) is 0.261. The summed E-state index contributed by atoms with van der Waals surface area (Å²) in [4.78, 5) is 0. The van der Waals surface area contributed by atoms with E-state index in [0.29, 0.717) is 5.02 Å². The third-order valence-corrected chi connectivity index (χ3v) is 5.64. The van der Waals surface area contributed by atoms with E-state index in [1.165, 1.54) is 11.1 Å². The minimum absolute atomic E-state index is 0.662. The molecule has 4 nitrogen and oxygen atoms in total. The maximum absolute atomic E-state index is 6.55. The molecule has 0 saturated heterocycles. The van der Waals surface area contributed by atoms with E-state index in [9.17, 15) is 0 Å². The molecular formula is C23H23ClN2O2. The minimum atomic E-state index is 0.662. The van der Waals surface area contributed by atoms with Crippen molar-refractivity contribution in [1.29, 1.82) is 0 Å². The van der Waals surface area contributed by atoms with Crippen molar-refractivity contribution in [3.8, 4) is 11.5 Å². The zero-order valence-corrected chi connectivity index (χ0v) is 17.1. The minimum Gasteiger partial charge on any atom is -0.497 e. The third-order valence-electron chi connectivity index (χ3n) is 5.33. The first kappa shape index (κ1) is 18.6. The lowest BCUT2D eigenvalue weighted by molar-refractivity contribution is 0.394. The summed E-state index contributed by atoms with van der Waals surface area (Å²) < 4.78 is 10.9. The molecule has 0 radical (unpaired) electrons. The maximum atomic E-state index is 6.55. The zero-order chi connectivity index (χ0) is 19.8. The summed E-state index contributed by atoms with van der Waals surface area (Å²) in [5.74, 6) is 1.48. The average Bonchev–Trinajstić information content (AvgIpc) is 3.19. The summed E-state index contributed by atoms with van der Waals surface area (Å²) in [7, 11) is 3.31. The predicted octanol–water partition coefficient (Wildman–Crippen LogP) is 5.88. The molecule has 0 bridgehead atoms. The van der Waals surface area contributed by atoms with Gasteiger partial charge in [0.05, 0.1) is 36.3 Å². The van der Waals surface area contributed by atoms with Crippen molar-refractivity contribution in [3.05, 3.63) is 76.0 Å². The highest BCUT2D eigenvalue weighted by Crippen LogP contribution is 2.43. The highest BCUT2D eigenvalue weighted by molar-refractivity contribution is 6.33. The van der Waals surface area contributed by atoms with Crippen LogP contribution < -0.4 is 14.5 Å². The van der Waals surface area contributed by atoms with Crippen molar-refractivity contribution < 1.29 is 9.47 Å². The second kappa shape index (κ2) is 7.36. The number of ether oxygens (including phenoxy) is 2. The highest BCUT2D eigenvalue weighted by atomic mass is 35.5. The van der Waals surface area contributed by atoms with Crippen molar-refractivity contribution in [3.63, 3.8) is 0 Å². The number of aryl methyl sites for hydroxylation is 1. The van der Waals surface area contributed by atoms with E-state index in [4.69, 9.17) is 26.2 Å². The normalized spacial score (nSPS) is 16.2. The van der Waals surface area contributed by atoms with Crippen molar-refractivity contribution in [2.45, 2.75) is 26.2 Å². The molecule has 0 amide bonds. The van der Waals surface area contributed by atoms with Gasteiger partial charge in [-0.15, -0.1) is 0 Å². The lowest BCUT2D eigenvalue weighted by Gasteiger charge is -2.31. The van der Waals surface area contributed by atoms with Crippen molar-refractivity contribution in [2.75, 3.05) is 19.2 Å². The monoisotopic (exact) mass is 394 g/mol. The number of hydrazone groups is 1. The van der Waals surface area contributed by atoms with Crippen LogP contribution in [-0.4, -0.2) is 19.9 Å². The zero-order valence-electron chi connectivity index (χ0n) is 16.4. The van der Waals surface area contributed by atoms with Gasteiger partial charge < -0.3 is 9.47 Å². The number of hydrogen-bond donors (Lipinski definition) is 0. The van der Waals surface area contributed by atoms with Crippen molar-refractivity contribution >= 4 is 23.0 Å². The van der Waals surface area contributed by atoms with Gasteiger partial charge in [0.1, 0.15) is 11.5 Å². The van der Waals surface area contributed by atoms with E-state index in [-0.39, 0.29) is 0 Å². The van der Waals surface area contributed by atoms with Gasteiger partial charge in [0.15, 0.2) is 0 Å². The number of hydrogen-bond acceptors (Lipinski definition) is 4. The first-order chi connectivity index (χ1) is 13.5. The Labute approximate surface area is 170 Å². The Balaban J connectivity index is 1.91. The van der Waals surface area contributed by atoms with E-state index in [1.807, 2.05) is 48.3 Å². The van der Waals surface area contributed by atoms with Crippen LogP contribution >= 0.6 is 11.6 Å². The lowest BCUT2D eigenvalue weighted by atomic mass is 9.96.